The number of allylic oxidation sites excluding steroid dienone is 1. The summed E-state index contributed by atoms with van der Waals surface area (Å²) < 4.78 is 0. The number of rotatable bonds is 7. The van der Waals surface area contributed by atoms with Gasteiger partial charge in [0.25, 0.3) is 0 Å². The fourth-order valence-corrected chi connectivity index (χ4v) is 2.30. The molecule has 0 aliphatic carbocycles. The van der Waals surface area contributed by atoms with Gasteiger partial charge in [-0.1, -0.05) is 18.2 Å². The molecule has 3 heteroatoms. The lowest BCUT2D eigenvalue weighted by atomic mass is 10.1. The summed E-state index contributed by atoms with van der Waals surface area (Å²) in [7, 11) is 0. The van der Waals surface area contributed by atoms with E-state index in [1.807, 2.05) is 30.3 Å². The van der Waals surface area contributed by atoms with Gasteiger partial charge in [-0.15, -0.1) is 6.58 Å². The number of benzene rings is 2. The molecule has 0 aliphatic rings. The number of azo groups is 1. The first kappa shape index (κ1) is 16.0. The zero-order valence-electron chi connectivity index (χ0n) is 13.4. The molecule has 0 fully saturated rings. The van der Waals surface area contributed by atoms with Gasteiger partial charge in [0, 0.05) is 18.8 Å². The van der Waals surface area contributed by atoms with Crippen molar-refractivity contribution < 1.29 is 0 Å². The monoisotopic (exact) mass is 293 g/mol. The number of hydrogen-bond acceptors (Lipinski definition) is 3. The first-order chi connectivity index (χ1) is 10.8. The zero-order chi connectivity index (χ0) is 15.8. The topological polar surface area (TPSA) is 28.0 Å². The van der Waals surface area contributed by atoms with Gasteiger partial charge >= 0.3 is 0 Å². The molecule has 0 spiro atoms. The molecule has 2 aromatic carbocycles. The molecule has 2 aromatic rings. The van der Waals surface area contributed by atoms with E-state index in [2.05, 4.69) is 59.8 Å². The van der Waals surface area contributed by atoms with Gasteiger partial charge in [-0.3, -0.25) is 0 Å². The summed E-state index contributed by atoms with van der Waals surface area (Å²) in [4.78, 5) is 2.30. The first-order valence-electron chi connectivity index (χ1n) is 7.73. The quantitative estimate of drug-likeness (QED) is 0.477. The van der Waals surface area contributed by atoms with Crippen LogP contribution in [0.25, 0.3) is 0 Å². The van der Waals surface area contributed by atoms with E-state index in [0.29, 0.717) is 0 Å². The molecule has 0 unspecified atom stereocenters. The van der Waals surface area contributed by atoms with Crippen LogP contribution < -0.4 is 4.90 Å². The van der Waals surface area contributed by atoms with Crippen molar-refractivity contribution in [3.05, 3.63) is 66.7 Å². The summed E-state index contributed by atoms with van der Waals surface area (Å²) in [6.07, 6.45) is 2.78. The van der Waals surface area contributed by atoms with Gasteiger partial charge in [-0.2, -0.15) is 10.2 Å². The molecule has 0 aromatic heterocycles. The third-order valence-electron chi connectivity index (χ3n) is 3.58. The van der Waals surface area contributed by atoms with Gasteiger partial charge in [-0.25, -0.2) is 0 Å². The zero-order valence-corrected chi connectivity index (χ0v) is 13.4. The van der Waals surface area contributed by atoms with Gasteiger partial charge in [0.05, 0.1) is 11.4 Å². The maximum Gasteiger partial charge on any atom is 0.0858 e. The fourth-order valence-electron chi connectivity index (χ4n) is 2.30. The van der Waals surface area contributed by atoms with E-state index in [1.54, 1.807) is 0 Å². The highest BCUT2D eigenvalue weighted by atomic mass is 15.1. The SMILES string of the molecule is C=CCc1ccc(N=Nc2ccc(N(CC)CC)cc2)cc1. The summed E-state index contributed by atoms with van der Waals surface area (Å²) in [5.41, 5.74) is 4.18. The minimum Gasteiger partial charge on any atom is -0.372 e. The van der Waals surface area contributed by atoms with Crippen molar-refractivity contribution in [1.82, 2.24) is 0 Å². The van der Waals surface area contributed by atoms with Gasteiger partial charge in [0.1, 0.15) is 0 Å². The van der Waals surface area contributed by atoms with Crippen molar-refractivity contribution >= 4 is 17.1 Å². The molecule has 0 amide bonds. The van der Waals surface area contributed by atoms with Crippen LogP contribution in [0, 0.1) is 0 Å². The van der Waals surface area contributed by atoms with Crippen LogP contribution in [0.3, 0.4) is 0 Å². The predicted molar refractivity (Wildman–Crippen MR) is 94.5 cm³/mol. The Balaban J connectivity index is 2.04. The molecule has 0 radical (unpaired) electrons. The van der Waals surface area contributed by atoms with Gasteiger partial charge in [-0.05, 0) is 62.2 Å². The molecule has 0 atom stereocenters. The minimum atomic E-state index is 0.862. The molecule has 3 nitrogen and oxygen atoms in total. The fraction of sp³-hybridized carbons (Fsp3) is 0.263. The van der Waals surface area contributed by atoms with Crippen LogP contribution in [0.2, 0.25) is 0 Å². The second kappa shape index (κ2) is 8.13. The van der Waals surface area contributed by atoms with E-state index in [-0.39, 0.29) is 0 Å². The molecule has 0 bridgehead atoms. The molecule has 0 N–H and O–H groups in total. The van der Waals surface area contributed by atoms with Crippen LogP contribution >= 0.6 is 0 Å². The average molecular weight is 293 g/mol. The average Bonchev–Trinajstić information content (AvgIpc) is 2.57. The largest absolute Gasteiger partial charge is 0.372 e. The molecule has 114 valence electrons. The summed E-state index contributed by atoms with van der Waals surface area (Å²) in [6.45, 7) is 10.1. The van der Waals surface area contributed by atoms with Crippen LogP contribution in [0.4, 0.5) is 17.1 Å². The van der Waals surface area contributed by atoms with Crippen molar-refractivity contribution in [3.8, 4) is 0 Å². The van der Waals surface area contributed by atoms with Gasteiger partial charge in [0.15, 0.2) is 0 Å². The standard InChI is InChI=1S/C19H23N3/c1-4-7-16-8-10-17(11-9-16)20-21-18-12-14-19(15-13-18)22(5-2)6-3/h4,8-15H,1,5-7H2,2-3H3. The van der Waals surface area contributed by atoms with Crippen molar-refractivity contribution in [2.45, 2.75) is 20.3 Å². The Kier molecular flexibility index (Phi) is 5.90. The molecule has 22 heavy (non-hydrogen) atoms. The smallest absolute Gasteiger partial charge is 0.0858 e. The summed E-state index contributed by atoms with van der Waals surface area (Å²) >= 11 is 0. The highest BCUT2D eigenvalue weighted by Gasteiger charge is 2.00. The normalized spacial score (nSPS) is 10.8. The lowest BCUT2D eigenvalue weighted by molar-refractivity contribution is 0.866. The second-order valence-corrected chi connectivity index (χ2v) is 5.05. The summed E-state index contributed by atoms with van der Waals surface area (Å²) in [5, 5.41) is 8.57. The molecule has 2 rings (SSSR count). The molecule has 0 saturated heterocycles. The van der Waals surface area contributed by atoms with Crippen molar-refractivity contribution in [2.75, 3.05) is 18.0 Å². The van der Waals surface area contributed by atoms with E-state index in [4.69, 9.17) is 0 Å². The highest BCUT2D eigenvalue weighted by Crippen LogP contribution is 2.22. The van der Waals surface area contributed by atoms with Gasteiger partial charge < -0.3 is 4.90 Å². The van der Waals surface area contributed by atoms with Crippen LogP contribution in [0.15, 0.2) is 71.4 Å². The van der Waals surface area contributed by atoms with Crippen molar-refractivity contribution in [3.63, 3.8) is 0 Å². The Morgan fingerprint density at radius 3 is 1.82 bits per heavy atom. The molecule has 0 heterocycles. The second-order valence-electron chi connectivity index (χ2n) is 5.05. The van der Waals surface area contributed by atoms with Crippen LogP contribution in [-0.4, -0.2) is 13.1 Å². The van der Waals surface area contributed by atoms with Crippen LogP contribution in [-0.2, 0) is 6.42 Å². The summed E-state index contributed by atoms with van der Waals surface area (Å²) in [5.74, 6) is 0. The Hall–Kier alpha value is -2.42. The minimum absolute atomic E-state index is 0.862. The number of anilines is 1. The highest BCUT2D eigenvalue weighted by molar-refractivity contribution is 5.52. The van der Waals surface area contributed by atoms with E-state index >= 15 is 0 Å². The van der Waals surface area contributed by atoms with Crippen LogP contribution in [0.1, 0.15) is 19.4 Å². The van der Waals surface area contributed by atoms with Gasteiger partial charge in [0.2, 0.25) is 0 Å². The van der Waals surface area contributed by atoms with E-state index in [9.17, 15) is 0 Å². The van der Waals surface area contributed by atoms with E-state index in [1.165, 1.54) is 11.3 Å². The molecular weight excluding hydrogens is 270 g/mol. The maximum atomic E-state index is 4.29. The first-order valence-corrected chi connectivity index (χ1v) is 7.73. The van der Waals surface area contributed by atoms with E-state index < -0.39 is 0 Å². The summed E-state index contributed by atoms with van der Waals surface area (Å²) in [6, 6.07) is 16.3. The van der Waals surface area contributed by atoms with Crippen molar-refractivity contribution in [2.24, 2.45) is 10.2 Å². The lowest BCUT2D eigenvalue weighted by Gasteiger charge is -2.20. The number of hydrogen-bond donors (Lipinski definition) is 0. The Bertz CT molecular complexity index is 608. The third-order valence-corrected chi connectivity index (χ3v) is 3.58. The molecule has 0 saturated carbocycles. The Morgan fingerprint density at radius 2 is 1.36 bits per heavy atom. The maximum absolute atomic E-state index is 4.29. The van der Waals surface area contributed by atoms with Crippen molar-refractivity contribution in [1.29, 1.82) is 0 Å². The third kappa shape index (κ3) is 4.29. The van der Waals surface area contributed by atoms with Crippen LogP contribution in [0.5, 0.6) is 0 Å². The van der Waals surface area contributed by atoms with E-state index in [0.717, 1.165) is 30.9 Å². The predicted octanol–water partition coefficient (Wildman–Crippen LogP) is 5.68. The Labute approximate surface area is 133 Å². The lowest BCUT2D eigenvalue weighted by Crippen LogP contribution is -2.21. The molecular formula is C19H23N3. The number of nitrogens with zero attached hydrogens (tertiary/aromatic N) is 3. The molecule has 0 aliphatic heterocycles. The Morgan fingerprint density at radius 1 is 0.864 bits per heavy atom.